The van der Waals surface area contributed by atoms with E-state index in [2.05, 4.69) is 66.5 Å². The number of hydrogen-bond donors (Lipinski definition) is 1. The average Bonchev–Trinajstić information content (AvgIpc) is 2.77. The molecular formula is C25H32N2O4S2. The highest BCUT2D eigenvalue weighted by molar-refractivity contribution is 7.99. The minimum Gasteiger partial charge on any atom is -0.744 e. The maximum atomic E-state index is 10.4. The topological polar surface area (TPSA) is 109 Å². The maximum absolute atomic E-state index is 10.4. The normalized spacial score (nSPS) is 13.5. The van der Waals surface area contributed by atoms with E-state index in [1.54, 1.807) is 12.1 Å². The quantitative estimate of drug-likeness (QED) is 0.568. The Bertz CT molecular complexity index is 1140. The number of hydrogen-bond acceptors (Lipinski definition) is 5. The molecule has 8 heteroatoms. The van der Waals surface area contributed by atoms with Crippen LogP contribution in [0.3, 0.4) is 0 Å². The van der Waals surface area contributed by atoms with Crippen molar-refractivity contribution in [2.75, 3.05) is 31.1 Å². The molecule has 0 atom stereocenters. The fourth-order valence-corrected chi connectivity index (χ4v) is 5.04. The molecule has 0 spiro atoms. The maximum Gasteiger partial charge on any atom is 0.124 e. The molecule has 4 N–H and O–H groups in total. The zero-order chi connectivity index (χ0) is 23.1. The highest BCUT2D eigenvalue weighted by atomic mass is 32.2. The van der Waals surface area contributed by atoms with E-state index < -0.39 is 10.1 Å². The third-order valence-electron chi connectivity index (χ3n) is 5.27. The Morgan fingerprint density at radius 1 is 0.848 bits per heavy atom. The van der Waals surface area contributed by atoms with Gasteiger partial charge in [0.2, 0.25) is 0 Å². The lowest BCUT2D eigenvalue weighted by Gasteiger charge is -2.29. The molecule has 33 heavy (non-hydrogen) atoms. The zero-order valence-corrected chi connectivity index (χ0v) is 20.9. The summed E-state index contributed by atoms with van der Waals surface area (Å²) in [6.45, 7) is 10.9. The van der Waals surface area contributed by atoms with Crippen molar-refractivity contribution in [2.24, 2.45) is 0 Å². The monoisotopic (exact) mass is 488 g/mol. The highest BCUT2D eigenvalue weighted by Gasteiger charge is 2.16. The van der Waals surface area contributed by atoms with Crippen LogP contribution in [-0.2, 0) is 10.1 Å². The minimum atomic E-state index is -4.27. The van der Waals surface area contributed by atoms with Crippen molar-refractivity contribution < 1.29 is 23.8 Å². The van der Waals surface area contributed by atoms with Crippen LogP contribution < -0.4 is 10.2 Å². The Labute approximate surface area is 201 Å². The molecule has 1 fully saturated rings. The van der Waals surface area contributed by atoms with Gasteiger partial charge in [0.05, 0.1) is 36.8 Å². The molecule has 0 amide bonds. The van der Waals surface area contributed by atoms with E-state index in [9.17, 15) is 13.0 Å². The molecular weight excluding hydrogens is 456 g/mol. The van der Waals surface area contributed by atoms with Gasteiger partial charge in [0.15, 0.2) is 0 Å². The average molecular weight is 489 g/mol. The third-order valence-corrected chi connectivity index (χ3v) is 7.36. The first-order valence-electron chi connectivity index (χ1n) is 10.7. The Kier molecular flexibility index (Phi) is 9.94. The summed E-state index contributed by atoms with van der Waals surface area (Å²) in [4.78, 5) is 5.07. The lowest BCUT2D eigenvalue weighted by molar-refractivity contribution is -0.655. The Hall–Kier alpha value is -2.36. The minimum absolute atomic E-state index is 0. The summed E-state index contributed by atoms with van der Waals surface area (Å²) in [6.07, 6.45) is 0. The first kappa shape index (κ1) is 26.9. The second kappa shape index (κ2) is 12.2. The van der Waals surface area contributed by atoms with Crippen molar-refractivity contribution in [3.63, 3.8) is 0 Å². The predicted octanol–water partition coefficient (Wildman–Crippen LogP) is 2.91. The summed E-state index contributed by atoms with van der Waals surface area (Å²) in [5, 5.41) is 2.40. The zero-order valence-electron chi connectivity index (χ0n) is 19.2. The predicted molar refractivity (Wildman–Crippen MR) is 133 cm³/mol. The van der Waals surface area contributed by atoms with Crippen LogP contribution >= 0.6 is 11.8 Å². The first-order valence-corrected chi connectivity index (χ1v) is 12.9. The number of piperazine rings is 1. The molecule has 0 aromatic heterocycles. The van der Waals surface area contributed by atoms with Gasteiger partial charge < -0.3 is 20.2 Å². The fourth-order valence-electron chi connectivity index (χ4n) is 3.53. The smallest absolute Gasteiger partial charge is 0.124 e. The Balaban J connectivity index is 0.000000274. The number of benzene rings is 3. The van der Waals surface area contributed by atoms with Crippen LogP contribution in [0, 0.1) is 20.8 Å². The van der Waals surface area contributed by atoms with Crippen LogP contribution in [-0.4, -0.2) is 44.6 Å². The van der Waals surface area contributed by atoms with Gasteiger partial charge in [-0.05, 0) is 56.7 Å². The van der Waals surface area contributed by atoms with E-state index in [-0.39, 0.29) is 10.4 Å². The summed E-state index contributed by atoms with van der Waals surface area (Å²) >= 11 is 1.89. The molecule has 0 bridgehead atoms. The van der Waals surface area contributed by atoms with Crippen LogP contribution in [0.4, 0.5) is 5.69 Å². The van der Waals surface area contributed by atoms with Crippen LogP contribution in [0.15, 0.2) is 81.4 Å². The van der Waals surface area contributed by atoms with Crippen LogP contribution in [0.25, 0.3) is 0 Å². The molecule has 6 nitrogen and oxygen atoms in total. The largest absolute Gasteiger partial charge is 0.744 e. The second-order valence-electron chi connectivity index (χ2n) is 7.96. The molecule has 4 rings (SSSR count). The van der Waals surface area contributed by atoms with E-state index in [1.807, 2.05) is 18.7 Å². The van der Waals surface area contributed by atoms with Crippen molar-refractivity contribution in [1.82, 2.24) is 0 Å². The summed E-state index contributed by atoms with van der Waals surface area (Å²) in [6, 6.07) is 21.3. The number of nitrogens with zero attached hydrogens (tertiary/aromatic N) is 1. The molecule has 3 aromatic carbocycles. The Morgan fingerprint density at radius 2 is 1.45 bits per heavy atom. The molecule has 0 saturated carbocycles. The van der Waals surface area contributed by atoms with Gasteiger partial charge >= 0.3 is 0 Å². The number of quaternary nitrogens is 1. The molecule has 0 unspecified atom stereocenters. The highest BCUT2D eigenvalue weighted by Crippen LogP contribution is 2.37. The number of nitrogens with two attached hydrogens (primary N) is 1. The fraction of sp³-hybridized carbons (Fsp3) is 0.280. The Morgan fingerprint density at radius 3 is 2.06 bits per heavy atom. The van der Waals surface area contributed by atoms with E-state index >= 15 is 0 Å². The van der Waals surface area contributed by atoms with Crippen molar-refractivity contribution in [3.8, 4) is 0 Å². The van der Waals surface area contributed by atoms with Gasteiger partial charge in [0.1, 0.15) is 10.1 Å². The second-order valence-corrected chi connectivity index (χ2v) is 10.4. The van der Waals surface area contributed by atoms with Crippen molar-refractivity contribution in [3.05, 3.63) is 83.4 Å². The van der Waals surface area contributed by atoms with Gasteiger partial charge in [-0.1, -0.05) is 59.3 Å². The van der Waals surface area contributed by atoms with Crippen molar-refractivity contribution in [2.45, 2.75) is 35.5 Å². The molecule has 1 heterocycles. The standard InChI is InChI=1S/C18H22N2S.C7H8O3S.H2O/c1-14-7-8-17(15(2)13-14)21-18-6-4-3-5-16(18)20-11-9-19-10-12-20;1-6-2-4-7(5-3-6)11(8,9)10;/h3-8,13,19H,9-12H2,1-2H3;2-5H,1H3,(H,8,9,10);1H2. The number of para-hydroxylation sites is 1. The van der Waals surface area contributed by atoms with Gasteiger partial charge in [0.25, 0.3) is 0 Å². The summed E-state index contributed by atoms with van der Waals surface area (Å²) in [7, 11) is -4.27. The van der Waals surface area contributed by atoms with E-state index in [1.165, 1.54) is 51.8 Å². The molecule has 178 valence electrons. The van der Waals surface area contributed by atoms with Gasteiger partial charge in [-0.2, -0.15) is 0 Å². The van der Waals surface area contributed by atoms with Gasteiger partial charge in [-0.25, -0.2) is 8.42 Å². The van der Waals surface area contributed by atoms with Crippen LogP contribution in [0.5, 0.6) is 0 Å². The van der Waals surface area contributed by atoms with Gasteiger partial charge in [0, 0.05) is 9.79 Å². The molecule has 1 saturated heterocycles. The van der Waals surface area contributed by atoms with Gasteiger partial charge in [-0.15, -0.1) is 0 Å². The van der Waals surface area contributed by atoms with Gasteiger partial charge in [-0.3, -0.25) is 0 Å². The number of anilines is 1. The molecule has 1 aliphatic rings. The number of aryl methyl sites for hydroxylation is 3. The van der Waals surface area contributed by atoms with E-state index in [4.69, 9.17) is 0 Å². The first-order chi connectivity index (χ1) is 15.2. The molecule has 1 aliphatic heterocycles. The van der Waals surface area contributed by atoms with Crippen molar-refractivity contribution >= 4 is 27.6 Å². The number of rotatable bonds is 4. The molecule has 0 aliphatic carbocycles. The lowest BCUT2D eigenvalue weighted by Crippen LogP contribution is -2.89. The van der Waals surface area contributed by atoms with Crippen LogP contribution in [0.1, 0.15) is 16.7 Å². The molecule has 0 radical (unpaired) electrons. The SMILES string of the molecule is Cc1ccc(S(=O)(=O)[O-])cc1.Cc1ccc(Sc2ccccc2N2CC[NH2+]CC2)c(C)c1.O. The van der Waals surface area contributed by atoms with Crippen molar-refractivity contribution in [1.29, 1.82) is 0 Å². The van der Waals surface area contributed by atoms with E-state index in [0.717, 1.165) is 18.7 Å². The van der Waals surface area contributed by atoms with Crippen LogP contribution in [0.2, 0.25) is 0 Å². The molecule has 3 aromatic rings. The summed E-state index contributed by atoms with van der Waals surface area (Å²) in [5.74, 6) is 0. The lowest BCUT2D eigenvalue weighted by atomic mass is 10.2. The third kappa shape index (κ3) is 7.87. The summed E-state index contributed by atoms with van der Waals surface area (Å²) < 4.78 is 31.2. The summed E-state index contributed by atoms with van der Waals surface area (Å²) in [5.41, 5.74) is 5.01. The van der Waals surface area contributed by atoms with E-state index in [0.29, 0.717) is 0 Å².